The zero-order chi connectivity index (χ0) is 14.6. The molecule has 0 saturated heterocycles. The number of fused-ring (bicyclic) bond motifs is 4. The van der Waals surface area contributed by atoms with E-state index in [1.54, 1.807) is 36.4 Å². The number of rotatable bonds is 0. The lowest BCUT2D eigenvalue weighted by Crippen LogP contribution is -2.21. The molecule has 0 aromatic heterocycles. The largest absolute Gasteiger partial charge is 0.289 e. The molecule has 0 saturated carbocycles. The first-order valence-electron chi connectivity index (χ1n) is 6.58. The molecular weight excluding hydrogens is 284 g/mol. The third-order valence-corrected chi connectivity index (χ3v) is 4.20. The predicted molar refractivity (Wildman–Crippen MR) is 82.3 cm³/mol. The average molecular weight is 293 g/mol. The normalized spacial score (nSPS) is 13.2. The van der Waals surface area contributed by atoms with Crippen molar-refractivity contribution in [2.45, 2.75) is 0 Å². The third kappa shape index (κ3) is 1.60. The minimum absolute atomic E-state index is 0.123. The maximum absolute atomic E-state index is 12.8. The van der Waals surface area contributed by atoms with Crippen molar-refractivity contribution in [3.05, 3.63) is 81.9 Å². The molecular formula is C18H9ClO2. The molecule has 0 atom stereocenters. The van der Waals surface area contributed by atoms with E-state index in [9.17, 15) is 9.59 Å². The molecule has 1 aliphatic carbocycles. The molecule has 0 N–H and O–H groups in total. The van der Waals surface area contributed by atoms with Crippen molar-refractivity contribution >= 4 is 33.9 Å². The topological polar surface area (TPSA) is 34.1 Å². The molecule has 0 unspecified atom stereocenters. The molecule has 2 nitrogen and oxygen atoms in total. The molecule has 100 valence electrons. The monoisotopic (exact) mass is 292 g/mol. The van der Waals surface area contributed by atoms with Crippen molar-refractivity contribution in [1.82, 2.24) is 0 Å². The summed E-state index contributed by atoms with van der Waals surface area (Å²) < 4.78 is 0. The van der Waals surface area contributed by atoms with Gasteiger partial charge in [-0.1, -0.05) is 54.1 Å². The van der Waals surface area contributed by atoms with Gasteiger partial charge in [0, 0.05) is 32.7 Å². The first-order chi connectivity index (χ1) is 10.2. The number of hydrogen-bond acceptors (Lipinski definition) is 2. The minimum atomic E-state index is -0.140. The van der Waals surface area contributed by atoms with Crippen LogP contribution in [0.3, 0.4) is 0 Å². The van der Waals surface area contributed by atoms with Gasteiger partial charge in [0.1, 0.15) is 0 Å². The Labute approximate surface area is 126 Å². The molecule has 21 heavy (non-hydrogen) atoms. The predicted octanol–water partition coefficient (Wildman–Crippen LogP) is 4.27. The molecule has 0 spiro atoms. The van der Waals surface area contributed by atoms with Gasteiger partial charge in [-0.25, -0.2) is 0 Å². The molecule has 0 aliphatic heterocycles. The minimum Gasteiger partial charge on any atom is -0.289 e. The number of halogens is 1. The number of carbonyl (C=O) groups is 2. The summed E-state index contributed by atoms with van der Waals surface area (Å²) in [6.45, 7) is 0. The Morgan fingerprint density at radius 1 is 0.667 bits per heavy atom. The van der Waals surface area contributed by atoms with Crippen LogP contribution in [0.15, 0.2) is 54.6 Å². The van der Waals surface area contributed by atoms with E-state index in [1.165, 1.54) is 0 Å². The van der Waals surface area contributed by atoms with Gasteiger partial charge in [-0.15, -0.1) is 0 Å². The summed E-state index contributed by atoms with van der Waals surface area (Å²) in [5.41, 5.74) is 1.75. The van der Waals surface area contributed by atoms with E-state index in [2.05, 4.69) is 0 Å². The summed E-state index contributed by atoms with van der Waals surface area (Å²) in [4.78, 5) is 25.4. The fraction of sp³-hybridized carbons (Fsp3) is 0. The summed E-state index contributed by atoms with van der Waals surface area (Å²) in [5.74, 6) is -0.263. The molecule has 0 bridgehead atoms. The van der Waals surface area contributed by atoms with Crippen LogP contribution in [0.1, 0.15) is 31.8 Å². The smallest absolute Gasteiger partial charge is 0.195 e. The zero-order valence-corrected chi connectivity index (χ0v) is 11.6. The van der Waals surface area contributed by atoms with Gasteiger partial charge < -0.3 is 0 Å². The Hall–Kier alpha value is -2.45. The van der Waals surface area contributed by atoms with Crippen LogP contribution in [-0.4, -0.2) is 11.6 Å². The van der Waals surface area contributed by atoms with Crippen molar-refractivity contribution < 1.29 is 9.59 Å². The van der Waals surface area contributed by atoms with E-state index in [0.717, 1.165) is 5.39 Å². The molecule has 3 heteroatoms. The average Bonchev–Trinajstić information content (AvgIpc) is 2.52. The molecule has 3 aromatic carbocycles. The van der Waals surface area contributed by atoms with Crippen LogP contribution in [0.5, 0.6) is 0 Å². The standard InChI is InChI=1S/C18H9ClO2/c19-14-7-3-4-10-8-9-13-16(15(10)14)18(21)12-6-2-1-5-11(12)17(13)20/h1-9H. The Bertz CT molecular complexity index is 941. The third-order valence-electron chi connectivity index (χ3n) is 3.88. The fourth-order valence-corrected chi connectivity index (χ4v) is 3.19. The van der Waals surface area contributed by atoms with Crippen LogP contribution < -0.4 is 0 Å². The van der Waals surface area contributed by atoms with Gasteiger partial charge in [0.2, 0.25) is 0 Å². The van der Waals surface area contributed by atoms with Gasteiger partial charge in [-0.05, 0) is 17.5 Å². The van der Waals surface area contributed by atoms with Crippen molar-refractivity contribution in [1.29, 1.82) is 0 Å². The maximum Gasteiger partial charge on any atom is 0.195 e. The second kappa shape index (κ2) is 4.27. The number of ketones is 2. The van der Waals surface area contributed by atoms with E-state index in [-0.39, 0.29) is 11.6 Å². The summed E-state index contributed by atoms with van der Waals surface area (Å²) in [6, 6.07) is 15.9. The van der Waals surface area contributed by atoms with Crippen LogP contribution in [-0.2, 0) is 0 Å². The molecule has 0 radical (unpaired) electrons. The Balaban J connectivity index is 2.17. The highest BCUT2D eigenvalue weighted by Crippen LogP contribution is 2.35. The van der Waals surface area contributed by atoms with Crippen LogP contribution in [0.4, 0.5) is 0 Å². The van der Waals surface area contributed by atoms with Gasteiger partial charge in [0.25, 0.3) is 0 Å². The Morgan fingerprint density at radius 3 is 2.14 bits per heavy atom. The quantitative estimate of drug-likeness (QED) is 0.485. The second-order valence-electron chi connectivity index (χ2n) is 5.03. The van der Waals surface area contributed by atoms with Crippen molar-refractivity contribution in [2.75, 3.05) is 0 Å². The highest BCUT2D eigenvalue weighted by atomic mass is 35.5. The molecule has 0 fully saturated rings. The van der Waals surface area contributed by atoms with E-state index in [4.69, 9.17) is 11.6 Å². The van der Waals surface area contributed by atoms with E-state index in [0.29, 0.717) is 32.7 Å². The van der Waals surface area contributed by atoms with Crippen molar-refractivity contribution in [3.8, 4) is 0 Å². The zero-order valence-electron chi connectivity index (χ0n) is 10.9. The molecule has 0 amide bonds. The van der Waals surface area contributed by atoms with E-state index >= 15 is 0 Å². The van der Waals surface area contributed by atoms with E-state index < -0.39 is 0 Å². The SMILES string of the molecule is O=C1c2ccccc2C(=O)c2c1ccc1cccc(Cl)c21. The van der Waals surface area contributed by atoms with Crippen molar-refractivity contribution in [3.63, 3.8) is 0 Å². The highest BCUT2D eigenvalue weighted by molar-refractivity contribution is 6.40. The summed E-state index contributed by atoms with van der Waals surface area (Å²) >= 11 is 6.27. The first-order valence-corrected chi connectivity index (χ1v) is 6.96. The van der Waals surface area contributed by atoms with Crippen LogP contribution >= 0.6 is 11.6 Å². The van der Waals surface area contributed by atoms with Crippen LogP contribution in [0.25, 0.3) is 10.8 Å². The van der Waals surface area contributed by atoms with E-state index in [1.807, 2.05) is 18.2 Å². The summed E-state index contributed by atoms with van der Waals surface area (Å²) in [7, 11) is 0. The number of carbonyl (C=O) groups excluding carboxylic acids is 2. The molecule has 3 aromatic rings. The van der Waals surface area contributed by atoms with Gasteiger partial charge in [-0.2, -0.15) is 0 Å². The van der Waals surface area contributed by atoms with Gasteiger partial charge in [-0.3, -0.25) is 9.59 Å². The van der Waals surface area contributed by atoms with Crippen LogP contribution in [0, 0.1) is 0 Å². The molecule has 4 rings (SSSR count). The highest BCUT2D eigenvalue weighted by Gasteiger charge is 2.31. The Kier molecular flexibility index (Phi) is 2.50. The Morgan fingerprint density at radius 2 is 1.38 bits per heavy atom. The lowest BCUT2D eigenvalue weighted by atomic mass is 9.82. The number of hydrogen-bond donors (Lipinski definition) is 0. The van der Waals surface area contributed by atoms with Crippen LogP contribution in [0.2, 0.25) is 5.02 Å². The summed E-state index contributed by atoms with van der Waals surface area (Å²) in [6.07, 6.45) is 0. The van der Waals surface area contributed by atoms with Gasteiger partial charge in [0.15, 0.2) is 11.6 Å². The maximum atomic E-state index is 12.8. The first kappa shape index (κ1) is 12.3. The second-order valence-corrected chi connectivity index (χ2v) is 5.44. The fourth-order valence-electron chi connectivity index (χ4n) is 2.92. The summed E-state index contributed by atoms with van der Waals surface area (Å²) in [5, 5.41) is 2.01. The van der Waals surface area contributed by atoms with Gasteiger partial charge in [0.05, 0.1) is 0 Å². The van der Waals surface area contributed by atoms with Gasteiger partial charge >= 0.3 is 0 Å². The number of benzene rings is 3. The molecule has 1 aliphatic rings. The molecule has 0 heterocycles. The lowest BCUT2D eigenvalue weighted by molar-refractivity contribution is 0.0980. The van der Waals surface area contributed by atoms with Crippen molar-refractivity contribution in [2.24, 2.45) is 0 Å². The lowest BCUT2D eigenvalue weighted by Gasteiger charge is -2.19.